The van der Waals surface area contributed by atoms with Gasteiger partial charge in [-0.2, -0.15) is 11.3 Å². The predicted octanol–water partition coefficient (Wildman–Crippen LogP) is 1.74. The molecule has 2 saturated heterocycles. The Morgan fingerprint density at radius 2 is 2.48 bits per heavy atom. The molecule has 3 atom stereocenters. The number of likely N-dealkylation sites (tertiary alicyclic amines) is 1. The number of nitrogens with one attached hydrogen (secondary N) is 1. The van der Waals surface area contributed by atoms with Crippen LogP contribution in [0.1, 0.15) is 18.4 Å². The van der Waals surface area contributed by atoms with Crippen LogP contribution in [0.3, 0.4) is 0 Å². The quantitative estimate of drug-likeness (QED) is 0.803. The summed E-state index contributed by atoms with van der Waals surface area (Å²) in [6, 6.07) is 2.19. The molecule has 5 nitrogen and oxygen atoms in total. The molecule has 0 saturated carbocycles. The Hall–Kier alpha value is -0.950. The number of ether oxygens (including phenoxy) is 2. The van der Waals surface area contributed by atoms with Crippen LogP contribution in [0, 0.1) is 11.8 Å². The third kappa shape index (κ3) is 4.53. The molecule has 0 bridgehead atoms. The minimum absolute atomic E-state index is 0.0193. The second kappa shape index (κ2) is 8.24. The van der Waals surface area contributed by atoms with Gasteiger partial charge in [-0.3, -0.25) is 9.69 Å². The number of fused-ring (bicyclic) bond motifs is 1. The number of rotatable bonds is 6. The van der Waals surface area contributed by atoms with Crippen molar-refractivity contribution < 1.29 is 14.3 Å². The van der Waals surface area contributed by atoms with E-state index in [0.29, 0.717) is 31.8 Å². The average Bonchev–Trinajstić information content (AvgIpc) is 3.07. The molecule has 2 aliphatic rings. The smallest absolute Gasteiger partial charge is 0.225 e. The highest BCUT2D eigenvalue weighted by Gasteiger charge is 2.38. The second-order valence-corrected chi connectivity index (χ2v) is 7.28. The second-order valence-electron chi connectivity index (χ2n) is 6.50. The maximum atomic E-state index is 12.2. The summed E-state index contributed by atoms with van der Waals surface area (Å²) < 4.78 is 11.0. The van der Waals surface area contributed by atoms with E-state index >= 15 is 0 Å². The molecular weight excluding hydrogens is 312 g/mol. The number of methoxy groups -OCH3 is 1. The van der Waals surface area contributed by atoms with Gasteiger partial charge < -0.3 is 14.8 Å². The summed E-state index contributed by atoms with van der Waals surface area (Å²) in [6.45, 7) is 4.82. The lowest BCUT2D eigenvalue weighted by Gasteiger charge is -2.43. The summed E-state index contributed by atoms with van der Waals surface area (Å²) in [5, 5.41) is 7.29. The normalized spacial score (nSPS) is 28.3. The lowest BCUT2D eigenvalue weighted by atomic mass is 9.83. The third-order valence-electron chi connectivity index (χ3n) is 4.81. The molecule has 2 fully saturated rings. The molecule has 0 unspecified atom stereocenters. The highest BCUT2D eigenvalue weighted by molar-refractivity contribution is 7.07. The molecule has 3 heterocycles. The van der Waals surface area contributed by atoms with Gasteiger partial charge >= 0.3 is 0 Å². The number of hydrogen-bond acceptors (Lipinski definition) is 5. The molecule has 1 amide bonds. The van der Waals surface area contributed by atoms with E-state index < -0.39 is 0 Å². The predicted molar refractivity (Wildman–Crippen MR) is 90.4 cm³/mol. The number of carbonyl (C=O) groups is 1. The van der Waals surface area contributed by atoms with Crippen LogP contribution >= 0.6 is 11.3 Å². The molecule has 128 valence electrons. The maximum Gasteiger partial charge on any atom is 0.225 e. The highest BCUT2D eigenvalue weighted by atomic mass is 32.1. The molecule has 1 aromatic rings. The summed E-state index contributed by atoms with van der Waals surface area (Å²) in [5.41, 5.74) is 1.39. The zero-order valence-electron chi connectivity index (χ0n) is 13.7. The van der Waals surface area contributed by atoms with Crippen molar-refractivity contribution in [2.45, 2.75) is 25.5 Å². The first-order valence-electron chi connectivity index (χ1n) is 8.38. The summed E-state index contributed by atoms with van der Waals surface area (Å²) in [7, 11) is 1.64. The van der Waals surface area contributed by atoms with E-state index in [1.54, 1.807) is 18.4 Å². The van der Waals surface area contributed by atoms with E-state index in [9.17, 15) is 4.79 Å². The summed E-state index contributed by atoms with van der Waals surface area (Å²) in [4.78, 5) is 14.7. The Morgan fingerprint density at radius 3 is 3.26 bits per heavy atom. The van der Waals surface area contributed by atoms with Gasteiger partial charge in [-0.1, -0.05) is 0 Å². The SMILES string of the molecule is COCCNC(=O)[C@@H]1CO[C@@H]2CCN(Cc3ccsc3)C[C@@H]2C1. The number of thiophene rings is 1. The van der Waals surface area contributed by atoms with Gasteiger partial charge in [-0.05, 0) is 41.1 Å². The average molecular weight is 338 g/mol. The minimum Gasteiger partial charge on any atom is -0.383 e. The van der Waals surface area contributed by atoms with Gasteiger partial charge in [0.25, 0.3) is 0 Å². The van der Waals surface area contributed by atoms with Crippen molar-refractivity contribution in [3.05, 3.63) is 22.4 Å². The van der Waals surface area contributed by atoms with Gasteiger partial charge in [0.1, 0.15) is 0 Å². The van der Waals surface area contributed by atoms with Crippen molar-refractivity contribution in [2.24, 2.45) is 11.8 Å². The third-order valence-corrected chi connectivity index (χ3v) is 5.54. The van der Waals surface area contributed by atoms with Crippen LogP contribution in [0.15, 0.2) is 16.8 Å². The Labute approximate surface area is 142 Å². The first-order chi connectivity index (χ1) is 11.3. The standard InChI is InChI=1S/C17H26N2O3S/c1-21-6-4-18-17(20)15-8-14-10-19(5-2-16(14)22-11-15)9-13-3-7-23-12-13/h3,7,12,14-16H,2,4-6,8-11H2,1H3,(H,18,20)/t14-,15-,16+/m0/s1. The zero-order chi connectivity index (χ0) is 16.1. The lowest BCUT2D eigenvalue weighted by Crippen LogP contribution is -2.50. The van der Waals surface area contributed by atoms with Gasteiger partial charge in [0.05, 0.1) is 25.2 Å². The first-order valence-corrected chi connectivity index (χ1v) is 9.32. The van der Waals surface area contributed by atoms with Crippen molar-refractivity contribution in [2.75, 3.05) is 40.0 Å². The number of piperidine rings is 1. The fourth-order valence-electron chi connectivity index (χ4n) is 3.59. The van der Waals surface area contributed by atoms with Crippen molar-refractivity contribution in [3.8, 4) is 0 Å². The van der Waals surface area contributed by atoms with Crippen molar-refractivity contribution >= 4 is 17.2 Å². The molecule has 0 radical (unpaired) electrons. The fraction of sp³-hybridized carbons (Fsp3) is 0.706. The fourth-order valence-corrected chi connectivity index (χ4v) is 4.25. The van der Waals surface area contributed by atoms with E-state index in [2.05, 4.69) is 27.0 Å². The van der Waals surface area contributed by atoms with Crippen LogP contribution in [0.5, 0.6) is 0 Å². The van der Waals surface area contributed by atoms with Gasteiger partial charge in [-0.15, -0.1) is 0 Å². The Kier molecular flexibility index (Phi) is 6.05. The molecule has 23 heavy (non-hydrogen) atoms. The van der Waals surface area contributed by atoms with Gasteiger partial charge in [0.2, 0.25) is 5.91 Å². The van der Waals surface area contributed by atoms with Crippen molar-refractivity contribution in [1.29, 1.82) is 0 Å². The monoisotopic (exact) mass is 338 g/mol. The van der Waals surface area contributed by atoms with Gasteiger partial charge in [0, 0.05) is 33.3 Å². The molecule has 3 rings (SSSR count). The first kappa shape index (κ1) is 16.9. The summed E-state index contributed by atoms with van der Waals surface area (Å²) in [6.07, 6.45) is 2.34. The summed E-state index contributed by atoms with van der Waals surface area (Å²) >= 11 is 1.75. The number of amides is 1. The van der Waals surface area contributed by atoms with Crippen LogP contribution in [-0.4, -0.2) is 56.9 Å². The topological polar surface area (TPSA) is 50.8 Å². The molecule has 2 aliphatic heterocycles. The van der Waals surface area contributed by atoms with Gasteiger partial charge in [0.15, 0.2) is 0 Å². The number of hydrogen-bond donors (Lipinski definition) is 1. The highest BCUT2D eigenvalue weighted by Crippen LogP contribution is 2.32. The summed E-state index contributed by atoms with van der Waals surface area (Å²) in [5.74, 6) is 0.555. The molecule has 0 spiro atoms. The van der Waals surface area contributed by atoms with E-state index in [1.807, 2.05) is 0 Å². The van der Waals surface area contributed by atoms with Crippen LogP contribution in [0.25, 0.3) is 0 Å². The van der Waals surface area contributed by atoms with Crippen molar-refractivity contribution in [1.82, 2.24) is 10.2 Å². The molecular formula is C17H26N2O3S. The Balaban J connectivity index is 1.50. The molecule has 6 heteroatoms. The number of carbonyl (C=O) groups excluding carboxylic acids is 1. The van der Waals surface area contributed by atoms with E-state index in [4.69, 9.17) is 9.47 Å². The van der Waals surface area contributed by atoms with Crippen molar-refractivity contribution in [3.63, 3.8) is 0 Å². The maximum absolute atomic E-state index is 12.2. The molecule has 0 aliphatic carbocycles. The Bertz CT molecular complexity index is 494. The molecule has 1 aromatic heterocycles. The molecule has 1 N–H and O–H groups in total. The van der Waals surface area contributed by atoms with E-state index in [1.165, 1.54) is 5.56 Å². The Morgan fingerprint density at radius 1 is 1.57 bits per heavy atom. The minimum atomic E-state index is -0.0193. The van der Waals surface area contributed by atoms with E-state index in [-0.39, 0.29) is 11.8 Å². The zero-order valence-corrected chi connectivity index (χ0v) is 14.5. The van der Waals surface area contributed by atoms with Crippen LogP contribution in [0.2, 0.25) is 0 Å². The van der Waals surface area contributed by atoms with Crippen LogP contribution < -0.4 is 5.32 Å². The molecule has 0 aromatic carbocycles. The largest absolute Gasteiger partial charge is 0.383 e. The van der Waals surface area contributed by atoms with Crippen LogP contribution in [0.4, 0.5) is 0 Å². The van der Waals surface area contributed by atoms with Crippen LogP contribution in [-0.2, 0) is 20.8 Å². The number of nitrogens with zero attached hydrogens (tertiary/aromatic N) is 1. The van der Waals surface area contributed by atoms with Gasteiger partial charge in [-0.25, -0.2) is 0 Å². The van der Waals surface area contributed by atoms with E-state index in [0.717, 1.165) is 32.5 Å². The lowest BCUT2D eigenvalue weighted by molar-refractivity contribution is -0.139.